The van der Waals surface area contributed by atoms with Crippen LogP contribution in [0.4, 0.5) is 0 Å². The van der Waals surface area contributed by atoms with Crippen molar-refractivity contribution in [1.82, 2.24) is 0 Å². The molecule has 0 fully saturated rings. The number of benzene rings is 2. The van der Waals surface area contributed by atoms with E-state index in [1.54, 1.807) is 0 Å². The van der Waals surface area contributed by atoms with Gasteiger partial charge in [-0.15, -0.1) is 0 Å². The summed E-state index contributed by atoms with van der Waals surface area (Å²) >= 11 is -2.51. The van der Waals surface area contributed by atoms with Crippen LogP contribution < -0.4 is 0 Å². The molecule has 0 heterocycles. The SMILES string of the molecule is CCCC1=Cc2c(ccc(C(C)(C)C)c2-c2cc(C(C)C)cc(C(C)C)c2)[CH]1[Zr]([Cl])[Cl]. The molecule has 0 spiro atoms. The second kappa shape index (κ2) is 9.87. The Hall–Kier alpha value is -0.357. The Morgan fingerprint density at radius 1 is 0.935 bits per heavy atom. The summed E-state index contributed by atoms with van der Waals surface area (Å²) in [6.07, 6.45) is 4.65. The summed E-state index contributed by atoms with van der Waals surface area (Å²) in [6.45, 7) is 18.4. The summed E-state index contributed by atoms with van der Waals surface area (Å²) in [5.41, 5.74) is 11.2. The van der Waals surface area contributed by atoms with Crippen LogP contribution in [-0.2, 0) is 24.8 Å². The second-order valence-corrected chi connectivity index (χ2v) is 19.4. The molecule has 2 aromatic carbocycles. The molecule has 31 heavy (non-hydrogen) atoms. The third-order valence-electron chi connectivity index (χ3n) is 6.46. The summed E-state index contributed by atoms with van der Waals surface area (Å²) in [5.74, 6) is 0.994. The molecule has 3 rings (SSSR count). The molecule has 0 aromatic heterocycles. The Morgan fingerprint density at radius 3 is 1.97 bits per heavy atom. The van der Waals surface area contributed by atoms with Gasteiger partial charge >= 0.3 is 206 Å². The van der Waals surface area contributed by atoms with Gasteiger partial charge in [0, 0.05) is 0 Å². The average molecular weight is 536 g/mol. The van der Waals surface area contributed by atoms with Crippen molar-refractivity contribution in [2.24, 2.45) is 0 Å². The Bertz CT molecular complexity index is 951. The van der Waals surface area contributed by atoms with Crippen LogP contribution in [0.5, 0.6) is 0 Å². The van der Waals surface area contributed by atoms with Crippen LogP contribution in [-0.4, -0.2) is 0 Å². The van der Waals surface area contributed by atoms with Crippen molar-refractivity contribution in [3.05, 3.63) is 63.7 Å². The van der Waals surface area contributed by atoms with Crippen LogP contribution in [0.3, 0.4) is 0 Å². The molecule has 0 radical (unpaired) electrons. The van der Waals surface area contributed by atoms with Crippen LogP contribution >= 0.6 is 17.0 Å². The standard InChI is InChI=1S/C28H37.2ClH.Zr/c1-9-10-20-13-21-11-12-26(28(6,7)8)27(25(21)14-20)24-16-22(18(2)3)15-23(17-24)19(4)5;;;/h11-19H,9-10H2,1-8H3;2*1H;/q;;;+2/p-2. The van der Waals surface area contributed by atoms with Gasteiger partial charge in [0.1, 0.15) is 0 Å². The molecule has 1 atom stereocenters. The third-order valence-corrected chi connectivity index (χ3v) is 11.8. The predicted octanol–water partition coefficient (Wildman–Crippen LogP) is 10.1. The van der Waals surface area contributed by atoms with Crippen molar-refractivity contribution >= 4 is 23.1 Å². The first-order valence-corrected chi connectivity index (χ1v) is 19.4. The molecule has 0 saturated carbocycles. The number of allylic oxidation sites excluding steroid dienone is 1. The molecule has 2 aromatic rings. The van der Waals surface area contributed by atoms with E-state index in [0.717, 1.165) is 12.8 Å². The van der Waals surface area contributed by atoms with E-state index < -0.39 is 19.4 Å². The van der Waals surface area contributed by atoms with Crippen LogP contribution in [0.15, 0.2) is 35.9 Å². The number of halogens is 2. The van der Waals surface area contributed by atoms with Crippen LogP contribution in [0, 0.1) is 0 Å². The second-order valence-electron chi connectivity index (χ2n) is 10.6. The van der Waals surface area contributed by atoms with E-state index in [2.05, 4.69) is 91.8 Å². The molecule has 3 heteroatoms. The third kappa shape index (κ3) is 5.26. The Labute approximate surface area is 205 Å². The first-order valence-electron chi connectivity index (χ1n) is 11.7. The number of fused-ring (bicyclic) bond motifs is 1. The fourth-order valence-electron chi connectivity index (χ4n) is 4.70. The molecule has 0 bridgehead atoms. The Kier molecular flexibility index (Phi) is 8.04. The predicted molar refractivity (Wildman–Crippen MR) is 136 cm³/mol. The van der Waals surface area contributed by atoms with Crippen LogP contribution in [0.1, 0.15) is 112 Å². The normalized spacial score (nSPS) is 16.1. The zero-order valence-electron chi connectivity index (χ0n) is 20.4. The fraction of sp³-hybridized carbons (Fsp3) is 0.500. The molecule has 1 aliphatic carbocycles. The van der Waals surface area contributed by atoms with Gasteiger partial charge in [0.25, 0.3) is 0 Å². The van der Waals surface area contributed by atoms with Gasteiger partial charge in [0.05, 0.1) is 0 Å². The summed E-state index contributed by atoms with van der Waals surface area (Å²) in [6, 6.07) is 11.9. The molecule has 0 saturated heterocycles. The molecular formula is C28H37Cl2Zr. The molecule has 0 aliphatic heterocycles. The number of hydrogen-bond donors (Lipinski definition) is 0. The van der Waals surface area contributed by atoms with Crippen LogP contribution in [0.25, 0.3) is 17.2 Å². The maximum atomic E-state index is 6.73. The van der Waals surface area contributed by atoms with E-state index >= 15 is 0 Å². The monoisotopic (exact) mass is 533 g/mol. The van der Waals surface area contributed by atoms with Crippen molar-refractivity contribution in [3.63, 3.8) is 0 Å². The fourth-order valence-corrected chi connectivity index (χ4v) is 10.2. The van der Waals surface area contributed by atoms with E-state index in [0.29, 0.717) is 11.8 Å². The van der Waals surface area contributed by atoms with Crippen molar-refractivity contribution in [2.75, 3.05) is 0 Å². The maximum absolute atomic E-state index is 6.73. The molecular weight excluding hydrogens is 498 g/mol. The summed E-state index contributed by atoms with van der Waals surface area (Å²) in [5, 5.41) is 0. The topological polar surface area (TPSA) is 0 Å². The molecule has 1 unspecified atom stereocenters. The molecule has 167 valence electrons. The zero-order valence-corrected chi connectivity index (χ0v) is 24.3. The average Bonchev–Trinajstić information content (AvgIpc) is 3.04. The minimum absolute atomic E-state index is 0.0521. The van der Waals surface area contributed by atoms with Gasteiger partial charge in [-0.2, -0.15) is 0 Å². The van der Waals surface area contributed by atoms with Crippen molar-refractivity contribution < 1.29 is 19.4 Å². The minimum atomic E-state index is -2.51. The van der Waals surface area contributed by atoms with Crippen molar-refractivity contribution in [3.8, 4) is 11.1 Å². The molecule has 0 N–H and O–H groups in total. The summed E-state index contributed by atoms with van der Waals surface area (Å²) in [4.78, 5) is 0. The van der Waals surface area contributed by atoms with Gasteiger partial charge in [-0.3, -0.25) is 0 Å². The summed E-state index contributed by atoms with van der Waals surface area (Å²) < 4.78 is 0.284. The van der Waals surface area contributed by atoms with Crippen LogP contribution in [0.2, 0.25) is 0 Å². The number of rotatable bonds is 6. The number of hydrogen-bond acceptors (Lipinski definition) is 0. The quantitative estimate of drug-likeness (QED) is 0.345. The van der Waals surface area contributed by atoms with Gasteiger partial charge in [0.15, 0.2) is 0 Å². The van der Waals surface area contributed by atoms with Gasteiger partial charge in [-0.05, 0) is 0 Å². The zero-order chi connectivity index (χ0) is 23.1. The van der Waals surface area contributed by atoms with Crippen molar-refractivity contribution in [1.29, 1.82) is 0 Å². The molecule has 0 amide bonds. The molecule has 1 aliphatic rings. The van der Waals surface area contributed by atoms with Gasteiger partial charge in [-0.25, -0.2) is 0 Å². The van der Waals surface area contributed by atoms with E-state index in [1.807, 2.05) is 0 Å². The van der Waals surface area contributed by atoms with Gasteiger partial charge in [0.2, 0.25) is 0 Å². The van der Waals surface area contributed by atoms with E-state index in [1.165, 1.54) is 44.5 Å². The van der Waals surface area contributed by atoms with E-state index in [9.17, 15) is 0 Å². The summed E-state index contributed by atoms with van der Waals surface area (Å²) in [7, 11) is 13.5. The van der Waals surface area contributed by atoms with Gasteiger partial charge in [-0.1, -0.05) is 0 Å². The van der Waals surface area contributed by atoms with E-state index in [4.69, 9.17) is 17.0 Å². The first-order chi connectivity index (χ1) is 14.5. The van der Waals surface area contributed by atoms with Gasteiger partial charge < -0.3 is 0 Å². The first kappa shape index (κ1) is 25.3. The van der Waals surface area contributed by atoms with E-state index in [-0.39, 0.29) is 9.04 Å². The Morgan fingerprint density at radius 2 is 1.52 bits per heavy atom. The Balaban J connectivity index is 2.38. The van der Waals surface area contributed by atoms with Crippen molar-refractivity contribution in [2.45, 2.75) is 89.1 Å². The molecule has 0 nitrogen and oxygen atoms in total.